The molecule has 1 aliphatic rings. The number of hydrogen-bond acceptors (Lipinski definition) is 5. The summed E-state index contributed by atoms with van der Waals surface area (Å²) in [4.78, 5) is 30.9. The van der Waals surface area contributed by atoms with Gasteiger partial charge in [-0.3, -0.25) is 9.59 Å². The number of likely N-dealkylation sites (tertiary alicyclic amines) is 1. The van der Waals surface area contributed by atoms with Crippen molar-refractivity contribution in [2.75, 3.05) is 20.1 Å². The monoisotopic (exact) mass is 266 g/mol. The van der Waals surface area contributed by atoms with Gasteiger partial charge >= 0.3 is 0 Å². The van der Waals surface area contributed by atoms with Gasteiger partial charge in [-0.25, -0.2) is 0 Å². The van der Waals surface area contributed by atoms with Crippen LogP contribution in [0.5, 0.6) is 0 Å². The van der Waals surface area contributed by atoms with E-state index in [1.807, 2.05) is 0 Å². The highest BCUT2D eigenvalue weighted by Crippen LogP contribution is 2.11. The summed E-state index contributed by atoms with van der Waals surface area (Å²) in [5.74, 6) is 0.414. The fourth-order valence-electron chi connectivity index (χ4n) is 2.05. The first kappa shape index (κ1) is 13.5. The number of amides is 2. The SMILES string of the molecule is CN(Cc1ncon1)C(=O)CN1CCCCCC1=O. The predicted octanol–water partition coefficient (Wildman–Crippen LogP) is 0.431. The molecule has 1 aromatic rings. The average Bonchev–Trinajstić information content (AvgIpc) is 2.81. The normalized spacial score (nSPS) is 16.3. The molecule has 104 valence electrons. The van der Waals surface area contributed by atoms with Crippen LogP contribution in [0.25, 0.3) is 0 Å². The van der Waals surface area contributed by atoms with Crippen molar-refractivity contribution >= 4 is 11.8 Å². The molecule has 1 aromatic heterocycles. The van der Waals surface area contributed by atoms with Crippen LogP contribution in [0.4, 0.5) is 0 Å². The fraction of sp³-hybridized carbons (Fsp3) is 0.667. The zero-order chi connectivity index (χ0) is 13.7. The van der Waals surface area contributed by atoms with E-state index in [9.17, 15) is 9.59 Å². The van der Waals surface area contributed by atoms with Gasteiger partial charge in [-0.15, -0.1) is 0 Å². The molecule has 1 fully saturated rings. The second kappa shape index (κ2) is 6.31. The van der Waals surface area contributed by atoms with Gasteiger partial charge in [0.15, 0.2) is 5.82 Å². The summed E-state index contributed by atoms with van der Waals surface area (Å²) in [7, 11) is 1.67. The van der Waals surface area contributed by atoms with Crippen molar-refractivity contribution in [2.45, 2.75) is 32.2 Å². The molecular weight excluding hydrogens is 248 g/mol. The van der Waals surface area contributed by atoms with Gasteiger partial charge in [0.05, 0.1) is 13.1 Å². The number of carbonyl (C=O) groups excluding carboxylic acids is 2. The highest BCUT2D eigenvalue weighted by atomic mass is 16.5. The Labute approximate surface area is 111 Å². The van der Waals surface area contributed by atoms with E-state index >= 15 is 0 Å². The number of nitrogens with zero attached hydrogens (tertiary/aromatic N) is 4. The van der Waals surface area contributed by atoms with E-state index in [-0.39, 0.29) is 24.9 Å². The Balaban J connectivity index is 1.86. The molecule has 0 radical (unpaired) electrons. The lowest BCUT2D eigenvalue weighted by atomic mass is 10.2. The zero-order valence-corrected chi connectivity index (χ0v) is 11.0. The van der Waals surface area contributed by atoms with Crippen molar-refractivity contribution in [3.63, 3.8) is 0 Å². The summed E-state index contributed by atoms with van der Waals surface area (Å²) in [6.45, 7) is 1.09. The third kappa shape index (κ3) is 3.77. The maximum atomic E-state index is 12.0. The van der Waals surface area contributed by atoms with E-state index in [4.69, 9.17) is 0 Å². The minimum Gasteiger partial charge on any atom is -0.343 e. The lowest BCUT2D eigenvalue weighted by molar-refractivity contribution is -0.139. The van der Waals surface area contributed by atoms with Crippen LogP contribution in [0.15, 0.2) is 10.9 Å². The molecule has 1 saturated heterocycles. The van der Waals surface area contributed by atoms with Gasteiger partial charge in [0.25, 0.3) is 0 Å². The fourth-order valence-corrected chi connectivity index (χ4v) is 2.05. The Morgan fingerprint density at radius 3 is 3.05 bits per heavy atom. The van der Waals surface area contributed by atoms with Crippen LogP contribution in [0, 0.1) is 0 Å². The number of aromatic nitrogens is 2. The first-order chi connectivity index (χ1) is 9.16. The van der Waals surface area contributed by atoms with Gasteiger partial charge in [0.1, 0.15) is 0 Å². The van der Waals surface area contributed by atoms with E-state index in [2.05, 4.69) is 14.7 Å². The molecule has 2 rings (SSSR count). The first-order valence-corrected chi connectivity index (χ1v) is 6.44. The molecule has 0 aliphatic carbocycles. The van der Waals surface area contributed by atoms with Crippen molar-refractivity contribution in [3.8, 4) is 0 Å². The molecule has 2 amide bonds. The highest BCUT2D eigenvalue weighted by molar-refractivity contribution is 5.84. The maximum Gasteiger partial charge on any atom is 0.242 e. The maximum absolute atomic E-state index is 12.0. The molecule has 0 saturated carbocycles. The van der Waals surface area contributed by atoms with Crippen LogP contribution >= 0.6 is 0 Å². The van der Waals surface area contributed by atoms with Crippen LogP contribution in [-0.4, -0.2) is 51.9 Å². The summed E-state index contributed by atoms with van der Waals surface area (Å²) in [5.41, 5.74) is 0. The van der Waals surface area contributed by atoms with Crippen LogP contribution in [0.1, 0.15) is 31.5 Å². The smallest absolute Gasteiger partial charge is 0.242 e. The molecule has 1 aliphatic heterocycles. The molecule has 0 unspecified atom stereocenters. The molecule has 2 heterocycles. The topological polar surface area (TPSA) is 79.5 Å². The van der Waals surface area contributed by atoms with Crippen molar-refractivity contribution in [1.82, 2.24) is 19.9 Å². The number of hydrogen-bond donors (Lipinski definition) is 0. The van der Waals surface area contributed by atoms with Crippen molar-refractivity contribution in [3.05, 3.63) is 12.2 Å². The second-order valence-electron chi connectivity index (χ2n) is 4.72. The Morgan fingerprint density at radius 1 is 1.47 bits per heavy atom. The molecule has 0 N–H and O–H groups in total. The largest absolute Gasteiger partial charge is 0.343 e. The minimum atomic E-state index is -0.111. The second-order valence-corrected chi connectivity index (χ2v) is 4.72. The standard InChI is InChI=1S/C12H18N4O3/c1-15(7-10-13-9-19-14-10)12(18)8-16-6-4-2-3-5-11(16)17/h9H,2-8H2,1H3. The first-order valence-electron chi connectivity index (χ1n) is 6.44. The van der Waals surface area contributed by atoms with Gasteiger partial charge in [-0.2, -0.15) is 4.98 Å². The van der Waals surface area contributed by atoms with Crippen LogP contribution in [0.3, 0.4) is 0 Å². The van der Waals surface area contributed by atoms with E-state index in [1.165, 1.54) is 11.3 Å². The lowest BCUT2D eigenvalue weighted by Gasteiger charge is -2.23. The number of rotatable bonds is 4. The van der Waals surface area contributed by atoms with Gasteiger partial charge in [0, 0.05) is 20.0 Å². The van der Waals surface area contributed by atoms with Gasteiger partial charge in [0.2, 0.25) is 18.2 Å². The summed E-state index contributed by atoms with van der Waals surface area (Å²) >= 11 is 0. The molecular formula is C12H18N4O3. The van der Waals surface area contributed by atoms with E-state index < -0.39 is 0 Å². The van der Waals surface area contributed by atoms with E-state index in [0.717, 1.165) is 19.3 Å². The lowest BCUT2D eigenvalue weighted by Crippen LogP contribution is -2.41. The molecule has 0 aromatic carbocycles. The zero-order valence-electron chi connectivity index (χ0n) is 11.0. The van der Waals surface area contributed by atoms with Gasteiger partial charge < -0.3 is 14.3 Å². The molecule has 7 nitrogen and oxygen atoms in total. The van der Waals surface area contributed by atoms with Gasteiger partial charge in [-0.05, 0) is 12.8 Å². The minimum absolute atomic E-state index is 0.0683. The summed E-state index contributed by atoms with van der Waals surface area (Å²) < 4.78 is 4.62. The molecule has 0 bridgehead atoms. The summed E-state index contributed by atoms with van der Waals surface area (Å²) in [5, 5.41) is 3.65. The molecule has 0 spiro atoms. The number of carbonyl (C=O) groups is 2. The Hall–Kier alpha value is -1.92. The number of likely N-dealkylation sites (N-methyl/N-ethyl adjacent to an activating group) is 1. The van der Waals surface area contributed by atoms with E-state index in [0.29, 0.717) is 18.8 Å². The quantitative estimate of drug-likeness (QED) is 0.789. The predicted molar refractivity (Wildman–Crippen MR) is 65.8 cm³/mol. The molecule has 7 heteroatoms. The van der Waals surface area contributed by atoms with Crippen LogP contribution < -0.4 is 0 Å². The van der Waals surface area contributed by atoms with Crippen LogP contribution in [-0.2, 0) is 16.1 Å². The molecule has 19 heavy (non-hydrogen) atoms. The third-order valence-electron chi connectivity index (χ3n) is 3.21. The highest BCUT2D eigenvalue weighted by Gasteiger charge is 2.21. The van der Waals surface area contributed by atoms with Gasteiger partial charge in [-0.1, -0.05) is 11.6 Å². The van der Waals surface area contributed by atoms with Crippen LogP contribution in [0.2, 0.25) is 0 Å². The Kier molecular flexibility index (Phi) is 4.48. The third-order valence-corrected chi connectivity index (χ3v) is 3.21. The molecule has 0 atom stereocenters. The Morgan fingerprint density at radius 2 is 2.32 bits per heavy atom. The van der Waals surface area contributed by atoms with Crippen molar-refractivity contribution in [2.24, 2.45) is 0 Å². The average molecular weight is 266 g/mol. The van der Waals surface area contributed by atoms with Crippen molar-refractivity contribution < 1.29 is 14.1 Å². The summed E-state index contributed by atoms with van der Waals surface area (Å²) in [6, 6.07) is 0. The van der Waals surface area contributed by atoms with E-state index in [1.54, 1.807) is 11.9 Å². The summed E-state index contributed by atoms with van der Waals surface area (Å²) in [6.07, 6.45) is 4.71. The van der Waals surface area contributed by atoms with Crippen molar-refractivity contribution in [1.29, 1.82) is 0 Å². The Bertz CT molecular complexity index is 432.